The van der Waals surface area contributed by atoms with Crippen molar-refractivity contribution >= 4 is 38.5 Å². The average Bonchev–Trinajstić information content (AvgIpc) is 3.42. The van der Waals surface area contributed by atoms with E-state index in [1.807, 2.05) is 0 Å². The summed E-state index contributed by atoms with van der Waals surface area (Å²) in [6, 6.07) is 31.7. The van der Waals surface area contributed by atoms with Crippen LogP contribution in [-0.4, -0.2) is 4.57 Å². The molecule has 39 heavy (non-hydrogen) atoms. The number of benzene rings is 4. The van der Waals surface area contributed by atoms with Crippen LogP contribution in [0.2, 0.25) is 0 Å². The molecular weight excluding hydrogens is 538 g/mol. The van der Waals surface area contributed by atoms with Gasteiger partial charge in [0.2, 0.25) is 0 Å². The van der Waals surface area contributed by atoms with Crippen molar-refractivity contribution in [1.29, 1.82) is 0 Å². The molecule has 0 radical (unpaired) electrons. The van der Waals surface area contributed by atoms with Crippen molar-refractivity contribution in [2.45, 2.75) is 25.7 Å². The Hall–Kier alpha value is -3.88. The number of hydrogen-bond donors (Lipinski definition) is 0. The van der Waals surface area contributed by atoms with Crippen molar-refractivity contribution in [3.63, 3.8) is 0 Å². The maximum absolute atomic E-state index is 3.59. The highest BCUT2D eigenvalue weighted by molar-refractivity contribution is 9.10. The first-order valence-electron chi connectivity index (χ1n) is 13.8. The van der Waals surface area contributed by atoms with Gasteiger partial charge in [-0.3, -0.25) is 0 Å². The lowest BCUT2D eigenvalue weighted by Crippen LogP contribution is -2.35. The van der Waals surface area contributed by atoms with E-state index >= 15 is 0 Å². The van der Waals surface area contributed by atoms with Crippen LogP contribution in [0.3, 0.4) is 0 Å². The van der Waals surface area contributed by atoms with Crippen LogP contribution in [0.15, 0.2) is 114 Å². The summed E-state index contributed by atoms with van der Waals surface area (Å²) in [6.45, 7) is 4.70. The Kier molecular flexibility index (Phi) is 4.91. The maximum atomic E-state index is 3.59. The van der Waals surface area contributed by atoms with E-state index in [0.29, 0.717) is 5.92 Å². The summed E-state index contributed by atoms with van der Waals surface area (Å²) in [4.78, 5) is 0. The lowest BCUT2D eigenvalue weighted by Gasteiger charge is -2.21. The molecule has 1 heterocycles. The molecule has 5 aromatic rings. The van der Waals surface area contributed by atoms with Gasteiger partial charge in [0.15, 0.2) is 0 Å². The van der Waals surface area contributed by atoms with E-state index in [2.05, 4.69) is 150 Å². The van der Waals surface area contributed by atoms with Crippen LogP contribution >= 0.6 is 15.9 Å². The van der Waals surface area contributed by atoms with Crippen molar-refractivity contribution in [1.82, 2.24) is 4.57 Å². The zero-order chi connectivity index (χ0) is 26.3. The van der Waals surface area contributed by atoms with Gasteiger partial charge < -0.3 is 4.57 Å². The monoisotopic (exact) mass is 565 g/mol. The third-order valence-electron chi connectivity index (χ3n) is 8.99. The molecule has 188 valence electrons. The fourth-order valence-corrected chi connectivity index (χ4v) is 7.32. The largest absolute Gasteiger partial charge is 0.310 e. The van der Waals surface area contributed by atoms with Gasteiger partial charge in [-0.1, -0.05) is 109 Å². The second-order valence-corrected chi connectivity index (χ2v) is 12.4. The Labute approximate surface area is 237 Å². The zero-order valence-electron chi connectivity index (χ0n) is 22.1. The SMILES string of the molecule is CC1(C)c2ccccc2-c2cc(-n3c4c(c5cc(-c6ccc(Br)cc6)ccc53)=C3C=CC=CC3CC=4)ccc21. The van der Waals surface area contributed by atoms with Crippen LogP contribution < -0.4 is 10.6 Å². The summed E-state index contributed by atoms with van der Waals surface area (Å²) >= 11 is 3.59. The second-order valence-electron chi connectivity index (χ2n) is 11.5. The Bertz CT molecular complexity index is 2010. The number of aromatic nitrogens is 1. The molecule has 0 saturated carbocycles. The Morgan fingerprint density at radius 2 is 1.59 bits per heavy atom. The van der Waals surface area contributed by atoms with E-state index < -0.39 is 0 Å². The maximum Gasteiger partial charge on any atom is 0.0541 e. The molecule has 0 saturated heterocycles. The first-order valence-corrected chi connectivity index (χ1v) is 14.5. The summed E-state index contributed by atoms with van der Waals surface area (Å²) in [6.07, 6.45) is 12.5. The Morgan fingerprint density at radius 3 is 2.46 bits per heavy atom. The molecule has 1 unspecified atom stereocenters. The van der Waals surface area contributed by atoms with Gasteiger partial charge in [-0.05, 0) is 81.8 Å². The van der Waals surface area contributed by atoms with Crippen LogP contribution in [0.1, 0.15) is 31.4 Å². The molecule has 0 aliphatic heterocycles. The van der Waals surface area contributed by atoms with Crippen molar-refractivity contribution in [3.8, 4) is 27.9 Å². The van der Waals surface area contributed by atoms with Crippen molar-refractivity contribution in [2.75, 3.05) is 0 Å². The van der Waals surface area contributed by atoms with Crippen LogP contribution in [-0.2, 0) is 5.41 Å². The minimum atomic E-state index is 0.0106. The van der Waals surface area contributed by atoms with Crippen LogP contribution in [0.5, 0.6) is 0 Å². The molecule has 3 aliphatic carbocycles. The van der Waals surface area contributed by atoms with Gasteiger partial charge in [0.25, 0.3) is 0 Å². The third-order valence-corrected chi connectivity index (χ3v) is 9.52. The molecular formula is C37H28BrN. The summed E-state index contributed by atoms with van der Waals surface area (Å²) in [7, 11) is 0. The lowest BCUT2D eigenvalue weighted by atomic mass is 9.82. The average molecular weight is 567 g/mol. The smallest absolute Gasteiger partial charge is 0.0541 e. The van der Waals surface area contributed by atoms with Gasteiger partial charge in [-0.25, -0.2) is 0 Å². The van der Waals surface area contributed by atoms with Crippen molar-refractivity contribution in [2.24, 2.45) is 5.92 Å². The second kappa shape index (κ2) is 8.31. The number of hydrogen-bond acceptors (Lipinski definition) is 0. The number of rotatable bonds is 2. The van der Waals surface area contributed by atoms with Crippen LogP contribution in [0.4, 0.5) is 0 Å². The minimum Gasteiger partial charge on any atom is -0.310 e. The fourth-order valence-electron chi connectivity index (χ4n) is 7.05. The van der Waals surface area contributed by atoms with E-state index in [1.165, 1.54) is 66.1 Å². The first-order chi connectivity index (χ1) is 19.0. The standard InChI is InChI=1S/C37H28BrN/c1-37(2)32-10-6-5-9-29(32)30-22-27(17-18-33(30)37)39-34-19-14-25(23-11-15-26(38)16-12-23)21-31(34)36-28-8-4-3-7-24(28)13-20-35(36)39/h3-12,14-22,24H,13H2,1-2H3. The molecule has 8 rings (SSSR count). The Balaban J connectivity index is 1.43. The van der Waals surface area contributed by atoms with Crippen molar-refractivity contribution in [3.05, 3.63) is 135 Å². The molecule has 0 fully saturated rings. The highest BCUT2D eigenvalue weighted by atomic mass is 79.9. The number of fused-ring (bicyclic) bond motifs is 7. The highest BCUT2D eigenvalue weighted by Gasteiger charge is 2.35. The predicted octanol–water partition coefficient (Wildman–Crippen LogP) is 8.44. The minimum absolute atomic E-state index is 0.0106. The normalized spacial score (nSPS) is 17.9. The van der Waals surface area contributed by atoms with E-state index in [-0.39, 0.29) is 5.41 Å². The Morgan fingerprint density at radius 1 is 0.795 bits per heavy atom. The molecule has 0 amide bonds. The summed E-state index contributed by atoms with van der Waals surface area (Å²) in [5.74, 6) is 0.436. The van der Waals surface area contributed by atoms with Crippen LogP contribution in [0.25, 0.3) is 50.5 Å². The van der Waals surface area contributed by atoms with E-state index in [9.17, 15) is 0 Å². The topological polar surface area (TPSA) is 4.93 Å². The van der Waals surface area contributed by atoms with Crippen LogP contribution in [0, 0.1) is 5.92 Å². The highest BCUT2D eigenvalue weighted by Crippen LogP contribution is 2.49. The quantitative estimate of drug-likeness (QED) is 0.202. The lowest BCUT2D eigenvalue weighted by molar-refractivity contribution is 0.660. The molecule has 2 heteroatoms. The first kappa shape index (κ1) is 23.0. The zero-order valence-corrected chi connectivity index (χ0v) is 23.7. The van der Waals surface area contributed by atoms with Crippen molar-refractivity contribution < 1.29 is 0 Å². The fraction of sp³-hybridized carbons (Fsp3) is 0.135. The summed E-state index contributed by atoms with van der Waals surface area (Å²) in [5, 5.41) is 4.01. The summed E-state index contributed by atoms with van der Waals surface area (Å²) in [5.41, 5.74) is 12.0. The molecule has 3 aliphatic rings. The molecule has 1 nitrogen and oxygen atoms in total. The number of halogens is 1. The molecule has 0 bridgehead atoms. The molecule has 1 atom stereocenters. The van der Waals surface area contributed by atoms with E-state index in [1.54, 1.807) is 0 Å². The van der Waals surface area contributed by atoms with E-state index in [4.69, 9.17) is 0 Å². The molecule has 0 N–H and O–H groups in total. The van der Waals surface area contributed by atoms with Gasteiger partial charge in [0, 0.05) is 32.1 Å². The van der Waals surface area contributed by atoms with Gasteiger partial charge >= 0.3 is 0 Å². The predicted molar refractivity (Wildman–Crippen MR) is 167 cm³/mol. The number of nitrogens with zero attached hydrogens (tertiary/aromatic N) is 1. The van der Waals surface area contributed by atoms with E-state index in [0.717, 1.165) is 10.9 Å². The molecule has 4 aromatic carbocycles. The van der Waals surface area contributed by atoms with Gasteiger partial charge in [-0.15, -0.1) is 0 Å². The number of allylic oxidation sites excluding steroid dienone is 4. The molecule has 0 spiro atoms. The third kappa shape index (κ3) is 3.31. The van der Waals surface area contributed by atoms with Gasteiger partial charge in [0.05, 0.1) is 10.9 Å². The molecule has 1 aromatic heterocycles. The van der Waals surface area contributed by atoms with Gasteiger partial charge in [-0.2, -0.15) is 0 Å². The van der Waals surface area contributed by atoms with Gasteiger partial charge in [0.1, 0.15) is 0 Å². The summed E-state index contributed by atoms with van der Waals surface area (Å²) < 4.78 is 3.60.